The number of hydrogen-bond acceptors (Lipinski definition) is 6. The topological polar surface area (TPSA) is 77.7 Å². The first-order valence-corrected chi connectivity index (χ1v) is 7.99. The zero-order chi connectivity index (χ0) is 16.5. The van der Waals surface area contributed by atoms with E-state index in [1.165, 1.54) is 12.3 Å². The molecule has 2 aliphatic heterocycles. The van der Waals surface area contributed by atoms with Crippen molar-refractivity contribution in [1.82, 2.24) is 4.98 Å². The molecule has 2 aromatic rings. The highest BCUT2D eigenvalue weighted by Gasteiger charge is 2.28. The number of ether oxygens (including phenoxy) is 2. The Hall–Kier alpha value is -2.83. The Balaban J connectivity index is 1.61. The Bertz CT molecular complexity index is 763. The molecular formula is C17H17N3O4. The normalized spacial score (nSPS) is 19.3. The van der Waals surface area contributed by atoms with Gasteiger partial charge in [-0.15, -0.1) is 0 Å². The maximum absolute atomic E-state index is 10.8. The smallest absolute Gasteiger partial charge is 0.287 e. The van der Waals surface area contributed by atoms with Crippen molar-refractivity contribution in [3.8, 4) is 11.5 Å². The molecule has 7 nitrogen and oxygen atoms in total. The summed E-state index contributed by atoms with van der Waals surface area (Å²) < 4.78 is 11.2. The molecule has 2 aliphatic rings. The molecule has 0 radical (unpaired) electrons. The number of rotatable bonds is 3. The lowest BCUT2D eigenvalue weighted by Gasteiger charge is -2.27. The number of anilines is 1. The largest absolute Gasteiger partial charge is 0.486 e. The Labute approximate surface area is 139 Å². The van der Waals surface area contributed by atoms with Crippen LogP contribution in [-0.4, -0.2) is 29.7 Å². The standard InChI is InChI=1S/C17H17N3O4/c21-20(22)13-4-6-17(18-11-13)19-7-1-2-14(19)12-3-5-15-16(10-12)24-9-8-23-15/h3-6,10-11,14H,1-2,7-9H2. The molecule has 0 aliphatic carbocycles. The second kappa shape index (κ2) is 5.99. The average molecular weight is 327 g/mol. The minimum Gasteiger partial charge on any atom is -0.486 e. The van der Waals surface area contributed by atoms with E-state index in [0.717, 1.165) is 42.3 Å². The number of nitro groups is 1. The molecule has 4 rings (SSSR count). The van der Waals surface area contributed by atoms with E-state index in [-0.39, 0.29) is 11.7 Å². The zero-order valence-electron chi connectivity index (χ0n) is 13.1. The predicted octanol–water partition coefficient (Wildman–Crippen LogP) is 3.10. The Kier molecular flexibility index (Phi) is 3.68. The van der Waals surface area contributed by atoms with Crippen LogP contribution in [0.25, 0.3) is 0 Å². The molecule has 3 heterocycles. The van der Waals surface area contributed by atoms with Gasteiger partial charge in [-0.05, 0) is 36.6 Å². The van der Waals surface area contributed by atoms with Crippen molar-refractivity contribution in [3.05, 3.63) is 52.2 Å². The summed E-state index contributed by atoms with van der Waals surface area (Å²) in [4.78, 5) is 16.8. The predicted molar refractivity (Wildman–Crippen MR) is 87.6 cm³/mol. The van der Waals surface area contributed by atoms with Crippen LogP contribution in [0.5, 0.6) is 11.5 Å². The zero-order valence-corrected chi connectivity index (χ0v) is 13.1. The van der Waals surface area contributed by atoms with E-state index in [4.69, 9.17) is 9.47 Å². The third-order valence-electron chi connectivity index (χ3n) is 4.44. The van der Waals surface area contributed by atoms with Crippen LogP contribution in [0.1, 0.15) is 24.4 Å². The maximum Gasteiger partial charge on any atom is 0.287 e. The summed E-state index contributed by atoms with van der Waals surface area (Å²) in [6.45, 7) is 2.02. The first-order valence-electron chi connectivity index (χ1n) is 7.99. The number of fused-ring (bicyclic) bond motifs is 1. The molecule has 24 heavy (non-hydrogen) atoms. The molecule has 1 atom stereocenters. The number of benzene rings is 1. The molecule has 0 N–H and O–H groups in total. The molecular weight excluding hydrogens is 310 g/mol. The number of aromatic nitrogens is 1. The van der Waals surface area contributed by atoms with Crippen molar-refractivity contribution >= 4 is 11.5 Å². The molecule has 0 spiro atoms. The number of hydrogen-bond donors (Lipinski definition) is 0. The molecule has 124 valence electrons. The van der Waals surface area contributed by atoms with Gasteiger partial charge in [0.15, 0.2) is 11.5 Å². The summed E-state index contributed by atoms with van der Waals surface area (Å²) in [6.07, 6.45) is 3.38. The van der Waals surface area contributed by atoms with Gasteiger partial charge in [0.1, 0.15) is 25.2 Å². The van der Waals surface area contributed by atoms with Crippen LogP contribution in [0.2, 0.25) is 0 Å². The van der Waals surface area contributed by atoms with Crippen molar-refractivity contribution in [3.63, 3.8) is 0 Å². The van der Waals surface area contributed by atoms with Gasteiger partial charge in [-0.1, -0.05) is 6.07 Å². The van der Waals surface area contributed by atoms with E-state index in [0.29, 0.717) is 13.2 Å². The first-order chi connectivity index (χ1) is 11.7. The molecule has 0 saturated carbocycles. The first kappa shape index (κ1) is 14.7. The Morgan fingerprint density at radius 3 is 2.75 bits per heavy atom. The molecule has 1 aromatic heterocycles. The summed E-state index contributed by atoms with van der Waals surface area (Å²) in [5.74, 6) is 2.32. The summed E-state index contributed by atoms with van der Waals surface area (Å²) in [6, 6.07) is 9.44. The van der Waals surface area contributed by atoms with Crippen molar-refractivity contribution < 1.29 is 14.4 Å². The fraction of sp³-hybridized carbons (Fsp3) is 0.353. The van der Waals surface area contributed by atoms with E-state index < -0.39 is 4.92 Å². The summed E-state index contributed by atoms with van der Waals surface area (Å²) >= 11 is 0. The van der Waals surface area contributed by atoms with Gasteiger partial charge in [0.25, 0.3) is 5.69 Å². The molecule has 1 aromatic carbocycles. The fourth-order valence-electron chi connectivity index (χ4n) is 3.31. The van der Waals surface area contributed by atoms with Gasteiger partial charge in [-0.3, -0.25) is 10.1 Å². The van der Waals surface area contributed by atoms with Crippen molar-refractivity contribution in [1.29, 1.82) is 0 Å². The quantitative estimate of drug-likeness (QED) is 0.637. The van der Waals surface area contributed by atoms with Crippen LogP contribution < -0.4 is 14.4 Å². The van der Waals surface area contributed by atoms with Crippen LogP contribution in [0.4, 0.5) is 11.5 Å². The second-order valence-corrected chi connectivity index (χ2v) is 5.89. The highest BCUT2D eigenvalue weighted by Crippen LogP contribution is 2.39. The van der Waals surface area contributed by atoms with Gasteiger partial charge in [-0.25, -0.2) is 4.98 Å². The van der Waals surface area contributed by atoms with Gasteiger partial charge >= 0.3 is 0 Å². The minimum atomic E-state index is -0.431. The number of nitrogens with zero attached hydrogens (tertiary/aromatic N) is 3. The lowest BCUT2D eigenvalue weighted by molar-refractivity contribution is -0.385. The van der Waals surface area contributed by atoms with Gasteiger partial charge in [0.2, 0.25) is 0 Å². The summed E-state index contributed by atoms with van der Waals surface area (Å²) in [5.41, 5.74) is 1.16. The summed E-state index contributed by atoms with van der Waals surface area (Å²) in [5, 5.41) is 10.8. The number of pyridine rings is 1. The van der Waals surface area contributed by atoms with E-state index in [1.807, 2.05) is 12.1 Å². The highest BCUT2D eigenvalue weighted by molar-refractivity contribution is 5.50. The highest BCUT2D eigenvalue weighted by atomic mass is 16.6. The molecule has 7 heteroatoms. The van der Waals surface area contributed by atoms with Crippen LogP contribution in [0.15, 0.2) is 36.5 Å². The summed E-state index contributed by atoms with van der Waals surface area (Å²) in [7, 11) is 0. The third kappa shape index (κ3) is 2.62. The van der Waals surface area contributed by atoms with Crippen molar-refractivity contribution in [2.75, 3.05) is 24.7 Å². The molecule has 0 bridgehead atoms. The van der Waals surface area contributed by atoms with Crippen LogP contribution in [-0.2, 0) is 0 Å². The van der Waals surface area contributed by atoms with Gasteiger partial charge < -0.3 is 14.4 Å². The molecule has 1 saturated heterocycles. The van der Waals surface area contributed by atoms with E-state index >= 15 is 0 Å². The lowest BCUT2D eigenvalue weighted by Crippen LogP contribution is -2.24. The van der Waals surface area contributed by atoms with Gasteiger partial charge in [0.05, 0.1) is 11.0 Å². The van der Waals surface area contributed by atoms with Gasteiger partial charge in [-0.2, -0.15) is 0 Å². The van der Waals surface area contributed by atoms with E-state index in [1.54, 1.807) is 6.07 Å². The third-order valence-corrected chi connectivity index (χ3v) is 4.44. The average Bonchev–Trinajstić information content (AvgIpc) is 3.11. The van der Waals surface area contributed by atoms with Crippen molar-refractivity contribution in [2.24, 2.45) is 0 Å². The molecule has 1 fully saturated rings. The SMILES string of the molecule is O=[N+]([O-])c1ccc(N2CCCC2c2ccc3c(c2)OCCO3)nc1. The van der Waals surface area contributed by atoms with Crippen LogP contribution in [0, 0.1) is 10.1 Å². The van der Waals surface area contributed by atoms with Crippen LogP contribution in [0.3, 0.4) is 0 Å². The lowest BCUT2D eigenvalue weighted by atomic mass is 10.0. The minimum absolute atomic E-state index is 0.00817. The molecule has 1 unspecified atom stereocenters. The van der Waals surface area contributed by atoms with Crippen molar-refractivity contribution in [2.45, 2.75) is 18.9 Å². The Morgan fingerprint density at radius 1 is 1.17 bits per heavy atom. The Morgan fingerprint density at radius 2 is 2.00 bits per heavy atom. The van der Waals surface area contributed by atoms with Gasteiger partial charge in [0, 0.05) is 12.6 Å². The van der Waals surface area contributed by atoms with E-state index in [2.05, 4.69) is 16.0 Å². The maximum atomic E-state index is 10.8. The second-order valence-electron chi connectivity index (χ2n) is 5.89. The fourth-order valence-corrected chi connectivity index (χ4v) is 3.31. The van der Waals surface area contributed by atoms with Crippen LogP contribution >= 0.6 is 0 Å². The monoisotopic (exact) mass is 327 g/mol. The van der Waals surface area contributed by atoms with E-state index in [9.17, 15) is 10.1 Å². The molecule has 0 amide bonds.